The lowest BCUT2D eigenvalue weighted by molar-refractivity contribution is 0.102. The first-order valence-corrected chi connectivity index (χ1v) is 5.06. The van der Waals surface area contributed by atoms with Crippen molar-refractivity contribution in [2.75, 3.05) is 5.32 Å². The number of carbonyl (C=O) groups excluding carboxylic acids is 1. The van der Waals surface area contributed by atoms with Gasteiger partial charge in [0.1, 0.15) is 0 Å². The Balaban J connectivity index is 2.16. The molecule has 84 valence electrons. The molecule has 1 amide bonds. The van der Waals surface area contributed by atoms with Gasteiger partial charge in [-0.3, -0.25) is 9.48 Å². The molecule has 0 atom stereocenters. The van der Waals surface area contributed by atoms with E-state index in [9.17, 15) is 4.79 Å². The van der Waals surface area contributed by atoms with E-state index in [4.69, 9.17) is 6.42 Å². The van der Waals surface area contributed by atoms with Gasteiger partial charge in [0.05, 0.1) is 11.8 Å². The molecule has 0 radical (unpaired) electrons. The molecule has 1 aromatic carbocycles. The fraction of sp³-hybridized carbons (Fsp3) is 0.0769. The summed E-state index contributed by atoms with van der Waals surface area (Å²) in [5.41, 5.74) is 1.92. The van der Waals surface area contributed by atoms with Gasteiger partial charge < -0.3 is 5.32 Å². The molecule has 0 saturated heterocycles. The van der Waals surface area contributed by atoms with E-state index in [1.807, 2.05) is 0 Å². The van der Waals surface area contributed by atoms with Gasteiger partial charge in [0, 0.05) is 24.5 Å². The second kappa shape index (κ2) is 4.54. The third-order valence-electron chi connectivity index (χ3n) is 2.25. The summed E-state index contributed by atoms with van der Waals surface area (Å²) >= 11 is 0. The van der Waals surface area contributed by atoms with Crippen molar-refractivity contribution in [3.8, 4) is 12.3 Å². The van der Waals surface area contributed by atoms with Crippen LogP contribution in [-0.2, 0) is 7.05 Å². The molecule has 1 aromatic heterocycles. The van der Waals surface area contributed by atoms with Crippen molar-refractivity contribution in [3.05, 3.63) is 47.8 Å². The van der Waals surface area contributed by atoms with Crippen LogP contribution in [0.25, 0.3) is 0 Å². The molecule has 0 saturated carbocycles. The number of amides is 1. The van der Waals surface area contributed by atoms with Gasteiger partial charge in [0.15, 0.2) is 0 Å². The molecular formula is C13H11N3O. The average Bonchev–Trinajstić information content (AvgIpc) is 2.76. The maximum atomic E-state index is 11.8. The lowest BCUT2D eigenvalue weighted by Gasteiger charge is -2.03. The normalized spacial score (nSPS) is 9.65. The van der Waals surface area contributed by atoms with E-state index in [1.54, 1.807) is 42.2 Å². The SMILES string of the molecule is C#Cc1cccc(NC(=O)c2cnn(C)c2)c1. The highest BCUT2D eigenvalue weighted by molar-refractivity contribution is 6.03. The molecule has 0 unspecified atom stereocenters. The van der Waals surface area contributed by atoms with Crippen molar-refractivity contribution in [3.63, 3.8) is 0 Å². The first-order valence-electron chi connectivity index (χ1n) is 5.06. The number of terminal acetylenes is 1. The Morgan fingerprint density at radius 3 is 3.00 bits per heavy atom. The number of rotatable bonds is 2. The molecule has 4 heteroatoms. The van der Waals surface area contributed by atoms with Crippen LogP contribution in [0.2, 0.25) is 0 Å². The van der Waals surface area contributed by atoms with Gasteiger partial charge in [-0.25, -0.2) is 0 Å². The Labute approximate surface area is 99.3 Å². The maximum absolute atomic E-state index is 11.8. The van der Waals surface area contributed by atoms with E-state index in [1.165, 1.54) is 6.20 Å². The Morgan fingerprint density at radius 1 is 1.53 bits per heavy atom. The molecule has 0 aliphatic heterocycles. The molecule has 0 spiro atoms. The van der Waals surface area contributed by atoms with Crippen LogP contribution < -0.4 is 5.32 Å². The summed E-state index contributed by atoms with van der Waals surface area (Å²) in [5.74, 6) is 2.32. The number of aromatic nitrogens is 2. The van der Waals surface area contributed by atoms with Gasteiger partial charge in [-0.15, -0.1) is 6.42 Å². The van der Waals surface area contributed by atoms with Crippen LogP contribution in [0.1, 0.15) is 15.9 Å². The number of aryl methyl sites for hydroxylation is 1. The Morgan fingerprint density at radius 2 is 2.35 bits per heavy atom. The summed E-state index contributed by atoms with van der Waals surface area (Å²) in [6.45, 7) is 0. The molecule has 1 N–H and O–H groups in total. The van der Waals surface area contributed by atoms with Crippen LogP contribution in [0.5, 0.6) is 0 Å². The molecule has 0 fully saturated rings. The van der Waals surface area contributed by atoms with Crippen molar-refractivity contribution in [2.24, 2.45) is 7.05 Å². The van der Waals surface area contributed by atoms with Crippen LogP contribution in [0.4, 0.5) is 5.69 Å². The summed E-state index contributed by atoms with van der Waals surface area (Å²) in [7, 11) is 1.76. The molecule has 2 aromatic rings. The lowest BCUT2D eigenvalue weighted by Crippen LogP contribution is -2.11. The highest BCUT2D eigenvalue weighted by atomic mass is 16.1. The van der Waals surface area contributed by atoms with Crippen LogP contribution in [-0.4, -0.2) is 15.7 Å². The quantitative estimate of drug-likeness (QED) is 0.790. The highest BCUT2D eigenvalue weighted by Crippen LogP contribution is 2.11. The molecule has 0 bridgehead atoms. The van der Waals surface area contributed by atoms with Gasteiger partial charge >= 0.3 is 0 Å². The molecule has 4 nitrogen and oxygen atoms in total. The van der Waals surface area contributed by atoms with Gasteiger partial charge in [-0.2, -0.15) is 5.10 Å². The minimum Gasteiger partial charge on any atom is -0.322 e. The summed E-state index contributed by atoms with van der Waals surface area (Å²) in [4.78, 5) is 11.8. The predicted molar refractivity (Wildman–Crippen MR) is 65.5 cm³/mol. The number of nitrogens with one attached hydrogen (secondary N) is 1. The second-order valence-electron chi connectivity index (χ2n) is 3.58. The van der Waals surface area contributed by atoms with E-state index in [-0.39, 0.29) is 5.91 Å². The molecule has 0 aliphatic carbocycles. The highest BCUT2D eigenvalue weighted by Gasteiger charge is 2.07. The minimum absolute atomic E-state index is 0.202. The summed E-state index contributed by atoms with van der Waals surface area (Å²) in [5, 5.41) is 6.69. The summed E-state index contributed by atoms with van der Waals surface area (Å²) < 4.78 is 1.58. The van der Waals surface area contributed by atoms with Crippen molar-refractivity contribution in [1.29, 1.82) is 0 Å². The number of benzene rings is 1. The monoisotopic (exact) mass is 225 g/mol. The minimum atomic E-state index is -0.202. The predicted octanol–water partition coefficient (Wildman–Crippen LogP) is 1.65. The second-order valence-corrected chi connectivity index (χ2v) is 3.58. The fourth-order valence-corrected chi connectivity index (χ4v) is 1.43. The van der Waals surface area contributed by atoms with Gasteiger partial charge in [-0.05, 0) is 18.2 Å². The smallest absolute Gasteiger partial charge is 0.258 e. The molecule has 1 heterocycles. The number of hydrogen-bond donors (Lipinski definition) is 1. The molecule has 0 aliphatic rings. The maximum Gasteiger partial charge on any atom is 0.258 e. The zero-order valence-corrected chi connectivity index (χ0v) is 9.34. The number of nitrogens with zero attached hydrogens (tertiary/aromatic N) is 2. The van der Waals surface area contributed by atoms with Crippen molar-refractivity contribution in [1.82, 2.24) is 9.78 Å². The topological polar surface area (TPSA) is 46.9 Å². The average molecular weight is 225 g/mol. The zero-order chi connectivity index (χ0) is 12.3. The van der Waals surface area contributed by atoms with Gasteiger partial charge in [0.2, 0.25) is 0 Å². The van der Waals surface area contributed by atoms with Crippen LogP contribution in [0, 0.1) is 12.3 Å². The van der Waals surface area contributed by atoms with Crippen LogP contribution in [0.3, 0.4) is 0 Å². The number of anilines is 1. The van der Waals surface area contributed by atoms with Crippen molar-refractivity contribution < 1.29 is 4.79 Å². The summed E-state index contributed by atoms with van der Waals surface area (Å²) in [6, 6.07) is 7.14. The Bertz CT molecular complexity index is 593. The third kappa shape index (κ3) is 2.52. The fourth-order valence-electron chi connectivity index (χ4n) is 1.43. The van der Waals surface area contributed by atoms with Gasteiger partial charge in [-0.1, -0.05) is 12.0 Å². The van der Waals surface area contributed by atoms with E-state index < -0.39 is 0 Å². The molecular weight excluding hydrogens is 214 g/mol. The first kappa shape index (κ1) is 11.0. The van der Waals surface area contributed by atoms with Crippen LogP contribution >= 0.6 is 0 Å². The molecule has 2 rings (SSSR count). The molecule has 17 heavy (non-hydrogen) atoms. The first-order chi connectivity index (χ1) is 8.19. The van der Waals surface area contributed by atoms with E-state index in [2.05, 4.69) is 16.3 Å². The third-order valence-corrected chi connectivity index (χ3v) is 2.25. The largest absolute Gasteiger partial charge is 0.322 e. The zero-order valence-electron chi connectivity index (χ0n) is 9.34. The van der Waals surface area contributed by atoms with E-state index in [0.29, 0.717) is 11.3 Å². The van der Waals surface area contributed by atoms with E-state index >= 15 is 0 Å². The number of hydrogen-bond acceptors (Lipinski definition) is 2. The van der Waals surface area contributed by atoms with Gasteiger partial charge in [0.25, 0.3) is 5.91 Å². The van der Waals surface area contributed by atoms with Crippen LogP contribution in [0.15, 0.2) is 36.7 Å². The standard InChI is InChI=1S/C13H11N3O/c1-3-10-5-4-6-12(7-10)15-13(17)11-8-14-16(2)9-11/h1,4-9H,2H3,(H,15,17). The van der Waals surface area contributed by atoms with Crippen molar-refractivity contribution in [2.45, 2.75) is 0 Å². The van der Waals surface area contributed by atoms with E-state index in [0.717, 1.165) is 5.56 Å². The Kier molecular flexibility index (Phi) is 2.93. The Hall–Kier alpha value is -2.54. The lowest BCUT2D eigenvalue weighted by atomic mass is 10.2. The summed E-state index contributed by atoms with van der Waals surface area (Å²) in [6.07, 6.45) is 8.46. The number of carbonyl (C=O) groups is 1. The van der Waals surface area contributed by atoms with Crippen molar-refractivity contribution >= 4 is 11.6 Å².